The van der Waals surface area contributed by atoms with Gasteiger partial charge >= 0.3 is 0 Å². The molecule has 1 aromatic heterocycles. The van der Waals surface area contributed by atoms with Crippen molar-refractivity contribution in [2.75, 3.05) is 69.2 Å². The molecule has 0 atom stereocenters. The van der Waals surface area contributed by atoms with Crippen molar-refractivity contribution in [2.45, 2.75) is 19.8 Å². The Morgan fingerprint density at radius 1 is 0.935 bits per heavy atom. The fourth-order valence-electron chi connectivity index (χ4n) is 4.18. The largest absolute Gasteiger partial charge is 0.354 e. The highest BCUT2D eigenvalue weighted by Crippen LogP contribution is 2.22. The molecule has 2 saturated heterocycles. The number of likely N-dealkylation sites (N-methyl/N-ethyl adjacent to an activating group) is 1. The minimum absolute atomic E-state index is 0.205. The molecular formula is C23H31ClN6O. The summed E-state index contributed by atoms with van der Waals surface area (Å²) < 4.78 is 0. The molecule has 0 radical (unpaired) electrons. The highest BCUT2D eigenvalue weighted by atomic mass is 35.5. The number of nitrogens with zero attached hydrogens (tertiary/aromatic N) is 6. The first-order chi connectivity index (χ1) is 15.0. The molecule has 0 spiro atoms. The van der Waals surface area contributed by atoms with E-state index in [4.69, 9.17) is 11.6 Å². The van der Waals surface area contributed by atoms with E-state index < -0.39 is 0 Å². The number of hydrogen-bond acceptors (Lipinski definition) is 6. The zero-order chi connectivity index (χ0) is 21.8. The molecule has 8 heteroatoms. The summed E-state index contributed by atoms with van der Waals surface area (Å²) in [5.74, 6) is 2.98. The van der Waals surface area contributed by atoms with Crippen molar-refractivity contribution in [2.24, 2.45) is 0 Å². The Labute approximate surface area is 189 Å². The monoisotopic (exact) mass is 442 g/mol. The number of anilines is 2. The number of aryl methyl sites for hydroxylation is 2. The van der Waals surface area contributed by atoms with Gasteiger partial charge in [0, 0.05) is 69.9 Å². The van der Waals surface area contributed by atoms with Gasteiger partial charge in [-0.1, -0.05) is 23.7 Å². The van der Waals surface area contributed by atoms with E-state index in [0.717, 1.165) is 86.8 Å². The number of halogens is 1. The minimum atomic E-state index is 0.205. The Morgan fingerprint density at radius 2 is 1.55 bits per heavy atom. The van der Waals surface area contributed by atoms with Crippen LogP contribution in [-0.4, -0.2) is 85.1 Å². The van der Waals surface area contributed by atoms with Crippen molar-refractivity contribution in [3.05, 3.63) is 46.7 Å². The third-order valence-corrected chi connectivity index (χ3v) is 6.35. The predicted octanol–water partition coefficient (Wildman–Crippen LogP) is 2.47. The van der Waals surface area contributed by atoms with Crippen LogP contribution < -0.4 is 9.80 Å². The van der Waals surface area contributed by atoms with Crippen LogP contribution in [-0.2, 0) is 11.2 Å². The van der Waals surface area contributed by atoms with Crippen molar-refractivity contribution < 1.29 is 4.79 Å². The molecule has 4 rings (SSSR count). The van der Waals surface area contributed by atoms with Gasteiger partial charge in [0.2, 0.25) is 5.91 Å². The lowest BCUT2D eigenvalue weighted by Gasteiger charge is -2.37. The molecule has 0 unspecified atom stereocenters. The molecule has 2 aliphatic rings. The zero-order valence-electron chi connectivity index (χ0n) is 18.4. The summed E-state index contributed by atoms with van der Waals surface area (Å²) in [5, 5.41) is 0.717. The van der Waals surface area contributed by atoms with Crippen LogP contribution in [0.3, 0.4) is 0 Å². The number of rotatable bonds is 5. The SMILES string of the molecule is Cc1nc(N2CCN(C)CC2)cc(N2CCN(C(=O)CCc3cccc(Cl)c3)CC2)n1. The van der Waals surface area contributed by atoms with E-state index in [9.17, 15) is 4.79 Å². The van der Waals surface area contributed by atoms with Gasteiger partial charge in [0.1, 0.15) is 17.5 Å². The number of benzene rings is 1. The highest BCUT2D eigenvalue weighted by Gasteiger charge is 2.23. The van der Waals surface area contributed by atoms with Crippen LogP contribution >= 0.6 is 11.6 Å². The lowest BCUT2D eigenvalue weighted by Crippen LogP contribution is -2.49. The van der Waals surface area contributed by atoms with Crippen molar-refractivity contribution in [3.63, 3.8) is 0 Å². The van der Waals surface area contributed by atoms with Gasteiger partial charge in [-0.05, 0) is 38.1 Å². The fourth-order valence-corrected chi connectivity index (χ4v) is 4.40. The first-order valence-electron chi connectivity index (χ1n) is 11.0. The van der Waals surface area contributed by atoms with Crippen LogP contribution in [0.4, 0.5) is 11.6 Å². The molecule has 1 amide bonds. The third-order valence-electron chi connectivity index (χ3n) is 6.11. The van der Waals surface area contributed by atoms with Gasteiger partial charge in [0.25, 0.3) is 0 Å². The normalized spacial score (nSPS) is 17.8. The maximum atomic E-state index is 12.7. The first-order valence-corrected chi connectivity index (χ1v) is 11.4. The van der Waals surface area contributed by atoms with Crippen molar-refractivity contribution in [1.82, 2.24) is 19.8 Å². The molecule has 0 N–H and O–H groups in total. The molecule has 2 aromatic rings. The van der Waals surface area contributed by atoms with E-state index in [1.165, 1.54) is 0 Å². The Morgan fingerprint density at radius 3 is 2.16 bits per heavy atom. The van der Waals surface area contributed by atoms with Crippen LogP contribution in [0.2, 0.25) is 5.02 Å². The number of hydrogen-bond donors (Lipinski definition) is 0. The fraction of sp³-hybridized carbons (Fsp3) is 0.522. The highest BCUT2D eigenvalue weighted by molar-refractivity contribution is 6.30. The quantitative estimate of drug-likeness (QED) is 0.709. The van der Waals surface area contributed by atoms with Gasteiger partial charge in [0.05, 0.1) is 0 Å². The van der Waals surface area contributed by atoms with Gasteiger partial charge in [0.15, 0.2) is 0 Å². The van der Waals surface area contributed by atoms with Gasteiger partial charge < -0.3 is 19.6 Å². The van der Waals surface area contributed by atoms with E-state index in [1.807, 2.05) is 36.1 Å². The van der Waals surface area contributed by atoms with Crippen LogP contribution in [0, 0.1) is 6.92 Å². The Bertz CT molecular complexity index is 907. The van der Waals surface area contributed by atoms with Gasteiger partial charge in [-0.3, -0.25) is 4.79 Å². The molecule has 7 nitrogen and oxygen atoms in total. The van der Waals surface area contributed by atoms with Crippen LogP contribution in [0.15, 0.2) is 30.3 Å². The van der Waals surface area contributed by atoms with Crippen molar-refractivity contribution in [1.29, 1.82) is 0 Å². The molecule has 3 heterocycles. The smallest absolute Gasteiger partial charge is 0.223 e. The summed E-state index contributed by atoms with van der Waals surface area (Å²) in [6.45, 7) is 9.07. The summed E-state index contributed by atoms with van der Waals surface area (Å²) in [7, 11) is 2.16. The third kappa shape index (κ3) is 5.66. The van der Waals surface area contributed by atoms with E-state index in [2.05, 4.69) is 37.8 Å². The summed E-state index contributed by atoms with van der Waals surface area (Å²) in [4.78, 5) is 31.0. The van der Waals surface area contributed by atoms with Crippen LogP contribution in [0.25, 0.3) is 0 Å². The average molecular weight is 443 g/mol. The zero-order valence-corrected chi connectivity index (χ0v) is 19.2. The Balaban J connectivity index is 1.32. The summed E-state index contributed by atoms with van der Waals surface area (Å²) in [6, 6.07) is 9.85. The summed E-state index contributed by atoms with van der Waals surface area (Å²) >= 11 is 6.04. The van der Waals surface area contributed by atoms with Crippen molar-refractivity contribution in [3.8, 4) is 0 Å². The Hall–Kier alpha value is -2.38. The summed E-state index contributed by atoms with van der Waals surface area (Å²) in [6.07, 6.45) is 1.24. The second-order valence-corrected chi connectivity index (χ2v) is 8.86. The molecule has 0 bridgehead atoms. The molecule has 1 aromatic carbocycles. The predicted molar refractivity (Wildman–Crippen MR) is 125 cm³/mol. The minimum Gasteiger partial charge on any atom is -0.354 e. The molecule has 166 valence electrons. The number of piperazine rings is 2. The van der Waals surface area contributed by atoms with E-state index >= 15 is 0 Å². The van der Waals surface area contributed by atoms with E-state index in [0.29, 0.717) is 6.42 Å². The Kier molecular flexibility index (Phi) is 6.92. The van der Waals surface area contributed by atoms with Gasteiger partial charge in [-0.25, -0.2) is 9.97 Å². The first kappa shape index (κ1) is 21.8. The van der Waals surface area contributed by atoms with Gasteiger partial charge in [-0.15, -0.1) is 0 Å². The summed E-state index contributed by atoms with van der Waals surface area (Å²) in [5.41, 5.74) is 1.10. The number of amides is 1. The van der Waals surface area contributed by atoms with Gasteiger partial charge in [-0.2, -0.15) is 0 Å². The maximum Gasteiger partial charge on any atom is 0.223 e. The topological polar surface area (TPSA) is 55.8 Å². The standard InChI is InChI=1S/C23H31ClN6O/c1-18-25-21(28-10-8-27(2)9-11-28)17-22(26-18)29-12-14-30(15-13-29)23(31)7-6-19-4-3-5-20(24)16-19/h3-5,16-17H,6-15H2,1-2H3. The molecule has 2 fully saturated rings. The van der Waals surface area contributed by atoms with E-state index in [-0.39, 0.29) is 5.91 Å². The maximum absolute atomic E-state index is 12.7. The second kappa shape index (κ2) is 9.83. The number of carbonyl (C=O) groups excluding carboxylic acids is 1. The molecule has 2 aliphatic heterocycles. The molecular weight excluding hydrogens is 412 g/mol. The molecule has 0 saturated carbocycles. The van der Waals surface area contributed by atoms with E-state index in [1.54, 1.807) is 0 Å². The molecule has 31 heavy (non-hydrogen) atoms. The lowest BCUT2D eigenvalue weighted by molar-refractivity contribution is -0.131. The van der Waals surface area contributed by atoms with Crippen molar-refractivity contribution >= 4 is 29.1 Å². The number of aromatic nitrogens is 2. The lowest BCUT2D eigenvalue weighted by atomic mass is 10.1. The second-order valence-electron chi connectivity index (χ2n) is 8.42. The average Bonchev–Trinajstić information content (AvgIpc) is 2.78. The number of carbonyl (C=O) groups is 1. The van der Waals surface area contributed by atoms with Crippen LogP contribution in [0.5, 0.6) is 0 Å². The van der Waals surface area contributed by atoms with Crippen LogP contribution in [0.1, 0.15) is 17.8 Å². The molecule has 0 aliphatic carbocycles.